The molecule has 132 valence electrons. The standard InChI is InChI=1S/C22H22N2O2/c1-3-14-26-21-13-12-17-9-5-7-11-19(17)20(21)15-23-24-22(25)18-10-6-4-8-16(18)2/h4-13,15H,3,14H2,1-2H3,(H,24,25)/b23-15+. The van der Waals surface area contributed by atoms with Crippen LogP contribution in [0.4, 0.5) is 0 Å². The molecule has 3 rings (SSSR count). The summed E-state index contributed by atoms with van der Waals surface area (Å²) >= 11 is 0. The first-order valence-electron chi connectivity index (χ1n) is 8.74. The smallest absolute Gasteiger partial charge is 0.271 e. The fourth-order valence-corrected chi connectivity index (χ4v) is 2.79. The number of carbonyl (C=O) groups is 1. The number of carbonyl (C=O) groups excluding carboxylic acids is 1. The number of nitrogens with zero attached hydrogens (tertiary/aromatic N) is 1. The van der Waals surface area contributed by atoms with E-state index in [1.165, 1.54) is 0 Å². The zero-order chi connectivity index (χ0) is 18.4. The molecule has 3 aromatic carbocycles. The Kier molecular flexibility index (Phi) is 5.64. The van der Waals surface area contributed by atoms with Gasteiger partial charge in [-0.15, -0.1) is 0 Å². The lowest BCUT2D eigenvalue weighted by Gasteiger charge is -2.11. The van der Waals surface area contributed by atoms with Crippen molar-refractivity contribution in [2.24, 2.45) is 5.10 Å². The van der Waals surface area contributed by atoms with Crippen LogP contribution in [0.3, 0.4) is 0 Å². The molecular weight excluding hydrogens is 324 g/mol. The van der Waals surface area contributed by atoms with E-state index in [9.17, 15) is 4.79 Å². The molecule has 0 fully saturated rings. The molecule has 0 spiro atoms. The molecule has 0 aliphatic rings. The van der Waals surface area contributed by atoms with E-state index >= 15 is 0 Å². The Morgan fingerprint density at radius 2 is 1.85 bits per heavy atom. The summed E-state index contributed by atoms with van der Waals surface area (Å²) in [6, 6.07) is 19.5. The van der Waals surface area contributed by atoms with Crippen molar-refractivity contribution in [1.29, 1.82) is 0 Å². The van der Waals surface area contributed by atoms with Gasteiger partial charge < -0.3 is 4.74 Å². The number of rotatable bonds is 6. The lowest BCUT2D eigenvalue weighted by molar-refractivity contribution is 0.0954. The van der Waals surface area contributed by atoms with Crippen LogP contribution in [0.5, 0.6) is 5.75 Å². The van der Waals surface area contributed by atoms with Crippen molar-refractivity contribution in [3.05, 3.63) is 77.4 Å². The number of amides is 1. The van der Waals surface area contributed by atoms with Crippen molar-refractivity contribution >= 4 is 22.9 Å². The van der Waals surface area contributed by atoms with Gasteiger partial charge >= 0.3 is 0 Å². The fraction of sp³-hybridized carbons (Fsp3) is 0.182. The van der Waals surface area contributed by atoms with E-state index < -0.39 is 0 Å². The summed E-state index contributed by atoms with van der Waals surface area (Å²) in [6.45, 7) is 4.60. The van der Waals surface area contributed by atoms with Crippen LogP contribution in [0, 0.1) is 6.92 Å². The van der Waals surface area contributed by atoms with Gasteiger partial charge in [-0.05, 0) is 41.8 Å². The lowest BCUT2D eigenvalue weighted by atomic mass is 10.0. The largest absolute Gasteiger partial charge is 0.493 e. The van der Waals surface area contributed by atoms with Gasteiger partial charge in [0.25, 0.3) is 5.91 Å². The maximum Gasteiger partial charge on any atom is 0.271 e. The summed E-state index contributed by atoms with van der Waals surface area (Å²) in [5, 5.41) is 6.31. The van der Waals surface area contributed by atoms with Gasteiger partial charge in [0.15, 0.2) is 0 Å². The molecule has 0 aliphatic carbocycles. The van der Waals surface area contributed by atoms with Crippen molar-refractivity contribution < 1.29 is 9.53 Å². The van der Waals surface area contributed by atoms with Gasteiger partial charge in [0.05, 0.1) is 12.8 Å². The minimum Gasteiger partial charge on any atom is -0.493 e. The van der Waals surface area contributed by atoms with Crippen LogP contribution in [0.25, 0.3) is 10.8 Å². The molecule has 0 radical (unpaired) electrons. The number of nitrogens with one attached hydrogen (secondary N) is 1. The Hall–Kier alpha value is -3.14. The summed E-state index contributed by atoms with van der Waals surface area (Å²) in [7, 11) is 0. The second-order valence-corrected chi connectivity index (χ2v) is 6.06. The third kappa shape index (κ3) is 3.91. The Balaban J connectivity index is 1.88. The maximum absolute atomic E-state index is 12.3. The number of aryl methyl sites for hydroxylation is 1. The molecule has 0 bridgehead atoms. The molecule has 26 heavy (non-hydrogen) atoms. The monoisotopic (exact) mass is 346 g/mol. The van der Waals surface area contributed by atoms with E-state index in [0.717, 1.165) is 34.1 Å². The van der Waals surface area contributed by atoms with E-state index in [-0.39, 0.29) is 5.91 Å². The fourth-order valence-electron chi connectivity index (χ4n) is 2.79. The number of hydrazone groups is 1. The third-order valence-corrected chi connectivity index (χ3v) is 4.14. The van der Waals surface area contributed by atoms with Crippen molar-refractivity contribution in [1.82, 2.24) is 5.43 Å². The molecule has 3 aromatic rings. The lowest BCUT2D eigenvalue weighted by Crippen LogP contribution is -2.18. The van der Waals surface area contributed by atoms with E-state index in [0.29, 0.717) is 12.2 Å². The minimum absolute atomic E-state index is 0.226. The van der Waals surface area contributed by atoms with Crippen LogP contribution in [-0.2, 0) is 0 Å². The van der Waals surface area contributed by atoms with E-state index in [1.54, 1.807) is 12.3 Å². The van der Waals surface area contributed by atoms with Crippen LogP contribution in [0.2, 0.25) is 0 Å². The summed E-state index contributed by atoms with van der Waals surface area (Å²) < 4.78 is 5.85. The molecule has 0 aromatic heterocycles. The van der Waals surface area contributed by atoms with Gasteiger partial charge in [0, 0.05) is 11.1 Å². The minimum atomic E-state index is -0.226. The second-order valence-electron chi connectivity index (χ2n) is 6.06. The average molecular weight is 346 g/mol. The van der Waals surface area contributed by atoms with Crippen molar-refractivity contribution in [3.63, 3.8) is 0 Å². The van der Waals surface area contributed by atoms with Crippen molar-refractivity contribution in [2.75, 3.05) is 6.61 Å². The first-order valence-corrected chi connectivity index (χ1v) is 8.74. The number of benzene rings is 3. The molecule has 1 amide bonds. The highest BCUT2D eigenvalue weighted by molar-refractivity contribution is 6.03. The molecule has 4 nitrogen and oxygen atoms in total. The van der Waals surface area contributed by atoms with Gasteiger partial charge in [0.1, 0.15) is 5.75 Å². The molecule has 1 N–H and O–H groups in total. The molecule has 0 heterocycles. The van der Waals surface area contributed by atoms with E-state index in [2.05, 4.69) is 17.5 Å². The van der Waals surface area contributed by atoms with Crippen LogP contribution >= 0.6 is 0 Å². The molecule has 0 unspecified atom stereocenters. The zero-order valence-electron chi connectivity index (χ0n) is 15.0. The third-order valence-electron chi connectivity index (χ3n) is 4.14. The molecule has 0 atom stereocenters. The van der Waals surface area contributed by atoms with Crippen LogP contribution in [-0.4, -0.2) is 18.7 Å². The van der Waals surface area contributed by atoms with Crippen molar-refractivity contribution in [3.8, 4) is 5.75 Å². The Morgan fingerprint density at radius 3 is 2.65 bits per heavy atom. The molecule has 0 saturated carbocycles. The quantitative estimate of drug-likeness (QED) is 0.519. The SMILES string of the molecule is CCCOc1ccc2ccccc2c1/C=N/NC(=O)c1ccccc1C. The van der Waals surface area contributed by atoms with Crippen LogP contribution in [0.15, 0.2) is 65.8 Å². The summed E-state index contributed by atoms with van der Waals surface area (Å²) in [6.07, 6.45) is 2.58. The van der Waals surface area contributed by atoms with Gasteiger partial charge in [0.2, 0.25) is 0 Å². The normalized spacial score (nSPS) is 11.0. The van der Waals surface area contributed by atoms with E-state index in [1.807, 2.05) is 61.5 Å². The Labute approximate surface area is 153 Å². The van der Waals surface area contributed by atoms with Crippen molar-refractivity contribution in [2.45, 2.75) is 20.3 Å². The number of hydrogen-bond donors (Lipinski definition) is 1. The first kappa shape index (κ1) is 17.7. The van der Waals surface area contributed by atoms with Gasteiger partial charge in [-0.2, -0.15) is 5.10 Å². The summed E-state index contributed by atoms with van der Waals surface area (Å²) in [4.78, 5) is 12.3. The Morgan fingerprint density at radius 1 is 1.08 bits per heavy atom. The van der Waals surface area contributed by atoms with E-state index in [4.69, 9.17) is 4.74 Å². The Bertz CT molecular complexity index is 948. The molecular formula is C22H22N2O2. The topological polar surface area (TPSA) is 50.7 Å². The van der Waals surface area contributed by atoms with Crippen LogP contribution < -0.4 is 10.2 Å². The number of fused-ring (bicyclic) bond motifs is 1. The zero-order valence-corrected chi connectivity index (χ0v) is 15.0. The highest BCUT2D eigenvalue weighted by Crippen LogP contribution is 2.26. The highest BCUT2D eigenvalue weighted by Gasteiger charge is 2.09. The first-order chi connectivity index (χ1) is 12.7. The van der Waals surface area contributed by atoms with Gasteiger partial charge in [-0.25, -0.2) is 5.43 Å². The second kappa shape index (κ2) is 8.30. The van der Waals surface area contributed by atoms with Gasteiger partial charge in [-0.3, -0.25) is 4.79 Å². The maximum atomic E-state index is 12.3. The summed E-state index contributed by atoms with van der Waals surface area (Å²) in [5.74, 6) is 0.537. The highest BCUT2D eigenvalue weighted by atomic mass is 16.5. The molecule has 0 aliphatic heterocycles. The predicted molar refractivity (Wildman–Crippen MR) is 106 cm³/mol. The van der Waals surface area contributed by atoms with Crippen LogP contribution in [0.1, 0.15) is 34.8 Å². The molecule has 0 saturated heterocycles. The number of ether oxygens (including phenoxy) is 1. The average Bonchev–Trinajstić information content (AvgIpc) is 2.67. The molecule has 4 heteroatoms. The summed E-state index contributed by atoms with van der Waals surface area (Å²) in [5.41, 5.74) is 5.00. The number of hydrogen-bond acceptors (Lipinski definition) is 3. The van der Waals surface area contributed by atoms with Gasteiger partial charge in [-0.1, -0.05) is 55.5 Å². The predicted octanol–water partition coefficient (Wildman–Crippen LogP) is 4.70.